The number of halogens is 2. The third kappa shape index (κ3) is 2.40. The first-order chi connectivity index (χ1) is 13.6. The minimum Gasteiger partial charge on any atom is -0.349 e. The Labute approximate surface area is 171 Å². The molecule has 1 atom stereocenters. The molecular weight excluding hydrogens is 397 g/mol. The van der Waals surface area contributed by atoms with E-state index < -0.39 is 5.72 Å². The molecule has 0 aliphatic carbocycles. The van der Waals surface area contributed by atoms with E-state index in [1.165, 1.54) is 0 Å². The van der Waals surface area contributed by atoms with E-state index in [9.17, 15) is 4.79 Å². The van der Waals surface area contributed by atoms with Crippen LogP contribution in [0.2, 0.25) is 10.0 Å². The molecule has 1 spiro atoms. The summed E-state index contributed by atoms with van der Waals surface area (Å²) in [5.41, 5.74) is 1.21. The van der Waals surface area contributed by atoms with Gasteiger partial charge >= 0.3 is 5.72 Å². The van der Waals surface area contributed by atoms with Crippen LogP contribution >= 0.6 is 23.2 Å². The van der Waals surface area contributed by atoms with Crippen LogP contribution in [0.5, 0.6) is 0 Å². The fourth-order valence-electron chi connectivity index (χ4n) is 3.58. The first-order valence-corrected chi connectivity index (χ1v) is 9.34. The largest absolute Gasteiger partial charge is 0.349 e. The van der Waals surface area contributed by atoms with E-state index >= 15 is 0 Å². The number of rotatable bonds is 2. The normalized spacial score (nSPS) is 20.0. The van der Waals surface area contributed by atoms with Gasteiger partial charge in [-0.15, -0.1) is 0 Å². The molecule has 2 aliphatic rings. The highest BCUT2D eigenvalue weighted by atomic mass is 35.5. The fourth-order valence-corrected chi connectivity index (χ4v) is 3.93. The fraction of sp³-hybridized carbons (Fsp3) is 0.0476. The van der Waals surface area contributed by atoms with Gasteiger partial charge in [-0.3, -0.25) is 9.69 Å². The van der Waals surface area contributed by atoms with E-state index in [4.69, 9.17) is 28.0 Å². The van der Waals surface area contributed by atoms with Crippen LogP contribution in [-0.2, 0) is 15.4 Å². The van der Waals surface area contributed by atoms with Gasteiger partial charge in [0.1, 0.15) is 0 Å². The van der Waals surface area contributed by atoms with Crippen molar-refractivity contribution in [1.29, 1.82) is 0 Å². The van der Waals surface area contributed by atoms with Gasteiger partial charge in [0.05, 0.1) is 11.3 Å². The Morgan fingerprint density at radius 2 is 1.71 bits per heavy atom. The third-order valence-corrected chi connectivity index (χ3v) is 5.26. The molecule has 0 saturated heterocycles. The molecule has 2 aliphatic heterocycles. The number of benzene rings is 3. The molecule has 138 valence electrons. The van der Waals surface area contributed by atoms with Crippen molar-refractivity contribution in [2.24, 2.45) is 5.16 Å². The maximum Gasteiger partial charge on any atom is 0.322 e. The lowest BCUT2D eigenvalue weighted by Crippen LogP contribution is -2.51. The van der Waals surface area contributed by atoms with E-state index in [1.54, 1.807) is 35.2 Å². The molecule has 7 heteroatoms. The number of amides is 1. The third-order valence-electron chi connectivity index (χ3n) is 4.79. The lowest BCUT2D eigenvalue weighted by atomic mass is 10.00. The Bertz CT molecular complexity index is 1130. The number of nitrogens with zero attached hydrogens (tertiary/aromatic N) is 2. The van der Waals surface area contributed by atoms with E-state index in [0.717, 1.165) is 5.56 Å². The average Bonchev–Trinajstić information content (AvgIpc) is 3.23. The van der Waals surface area contributed by atoms with Crippen molar-refractivity contribution >= 4 is 46.3 Å². The van der Waals surface area contributed by atoms with Crippen molar-refractivity contribution in [2.45, 2.75) is 5.72 Å². The minimum atomic E-state index is -1.50. The SMILES string of the molecule is O=C1Nc2ccc(Cl)cc2[C@]12ON=C(c1ccccc1)N2c1cccc(Cl)c1. The summed E-state index contributed by atoms with van der Waals surface area (Å²) in [6.07, 6.45) is 0. The molecule has 0 bridgehead atoms. The van der Waals surface area contributed by atoms with Crippen molar-refractivity contribution < 1.29 is 9.63 Å². The zero-order chi connectivity index (χ0) is 19.3. The van der Waals surface area contributed by atoms with Crippen molar-refractivity contribution in [3.05, 3.63) is 94.0 Å². The smallest absolute Gasteiger partial charge is 0.322 e. The van der Waals surface area contributed by atoms with Gasteiger partial charge in [0.2, 0.25) is 0 Å². The zero-order valence-electron chi connectivity index (χ0n) is 14.4. The molecule has 3 aromatic rings. The Morgan fingerprint density at radius 1 is 0.929 bits per heavy atom. The first-order valence-electron chi connectivity index (χ1n) is 8.58. The highest BCUT2D eigenvalue weighted by molar-refractivity contribution is 6.31. The number of hydrogen-bond acceptors (Lipinski definition) is 4. The van der Waals surface area contributed by atoms with Gasteiger partial charge < -0.3 is 10.2 Å². The highest BCUT2D eigenvalue weighted by Gasteiger charge is 2.60. The Hall–Kier alpha value is -3.02. The maximum absolute atomic E-state index is 13.2. The van der Waals surface area contributed by atoms with Crippen LogP contribution in [0.15, 0.2) is 78.0 Å². The van der Waals surface area contributed by atoms with Crippen molar-refractivity contribution in [1.82, 2.24) is 0 Å². The van der Waals surface area contributed by atoms with Gasteiger partial charge in [0.25, 0.3) is 5.91 Å². The Morgan fingerprint density at radius 3 is 2.50 bits per heavy atom. The molecule has 0 aromatic heterocycles. The van der Waals surface area contributed by atoms with E-state index in [1.807, 2.05) is 42.5 Å². The average molecular weight is 410 g/mol. The quantitative estimate of drug-likeness (QED) is 0.647. The maximum atomic E-state index is 13.2. The first kappa shape index (κ1) is 17.1. The number of anilines is 2. The summed E-state index contributed by atoms with van der Waals surface area (Å²) in [6, 6.07) is 21.9. The second kappa shape index (κ2) is 6.26. The molecule has 0 radical (unpaired) electrons. The van der Waals surface area contributed by atoms with Crippen LogP contribution in [0.4, 0.5) is 11.4 Å². The molecule has 28 heavy (non-hydrogen) atoms. The molecule has 1 amide bonds. The van der Waals surface area contributed by atoms with Crippen LogP contribution in [0, 0.1) is 0 Å². The molecule has 0 saturated carbocycles. The summed E-state index contributed by atoms with van der Waals surface area (Å²) in [6.45, 7) is 0. The number of amidine groups is 1. The molecular formula is C21H13Cl2N3O2. The van der Waals surface area contributed by atoms with Crippen LogP contribution in [0.3, 0.4) is 0 Å². The number of carbonyl (C=O) groups is 1. The van der Waals surface area contributed by atoms with Gasteiger partial charge in [-0.2, -0.15) is 0 Å². The molecule has 5 nitrogen and oxygen atoms in total. The van der Waals surface area contributed by atoms with Gasteiger partial charge in [-0.25, -0.2) is 0 Å². The summed E-state index contributed by atoms with van der Waals surface area (Å²) in [5, 5.41) is 8.21. The van der Waals surface area contributed by atoms with Crippen LogP contribution in [-0.4, -0.2) is 11.7 Å². The second-order valence-electron chi connectivity index (χ2n) is 6.48. The van der Waals surface area contributed by atoms with Crippen LogP contribution < -0.4 is 10.2 Å². The molecule has 3 aromatic carbocycles. The van der Waals surface area contributed by atoms with Crippen molar-refractivity contribution in [2.75, 3.05) is 10.2 Å². The lowest BCUT2D eigenvalue weighted by Gasteiger charge is -2.32. The van der Waals surface area contributed by atoms with E-state index in [0.29, 0.717) is 32.8 Å². The van der Waals surface area contributed by atoms with Crippen LogP contribution in [0.25, 0.3) is 0 Å². The molecule has 1 N–H and O–H groups in total. The standard InChI is InChI=1S/C21H13Cl2N3O2/c22-14-7-4-8-16(11-14)26-19(13-5-2-1-3-6-13)25-28-21(26)17-12-15(23)9-10-18(17)24-20(21)27/h1-12H,(H,24,27)/t21-/m0/s1. The van der Waals surface area contributed by atoms with E-state index in [-0.39, 0.29) is 5.91 Å². The van der Waals surface area contributed by atoms with Gasteiger partial charge in [0.15, 0.2) is 5.84 Å². The Kier molecular flexibility index (Phi) is 3.82. The number of nitrogens with one attached hydrogen (secondary N) is 1. The summed E-state index contributed by atoms with van der Waals surface area (Å²) in [7, 11) is 0. The number of fused-ring (bicyclic) bond motifs is 2. The Balaban J connectivity index is 1.76. The minimum absolute atomic E-state index is 0.348. The topological polar surface area (TPSA) is 53.9 Å². The second-order valence-corrected chi connectivity index (χ2v) is 7.35. The number of oxime groups is 1. The summed E-state index contributed by atoms with van der Waals surface area (Å²) >= 11 is 12.5. The van der Waals surface area contributed by atoms with Gasteiger partial charge in [0, 0.05) is 21.3 Å². The molecule has 0 unspecified atom stereocenters. The molecule has 0 fully saturated rings. The monoisotopic (exact) mass is 409 g/mol. The summed E-state index contributed by atoms with van der Waals surface area (Å²) < 4.78 is 0. The zero-order valence-corrected chi connectivity index (χ0v) is 15.9. The van der Waals surface area contributed by atoms with Crippen LogP contribution in [0.1, 0.15) is 11.1 Å². The van der Waals surface area contributed by atoms with E-state index in [2.05, 4.69) is 10.5 Å². The summed E-state index contributed by atoms with van der Waals surface area (Å²) in [4.78, 5) is 20.8. The van der Waals surface area contributed by atoms with Gasteiger partial charge in [-0.05, 0) is 36.4 Å². The molecule has 5 rings (SSSR count). The number of carbonyl (C=O) groups excluding carboxylic acids is 1. The molecule has 2 heterocycles. The van der Waals surface area contributed by atoms with Crippen molar-refractivity contribution in [3.8, 4) is 0 Å². The highest BCUT2D eigenvalue weighted by Crippen LogP contribution is 2.48. The number of hydrogen-bond donors (Lipinski definition) is 1. The van der Waals surface area contributed by atoms with Gasteiger partial charge in [-0.1, -0.05) is 64.8 Å². The predicted molar refractivity (Wildman–Crippen MR) is 110 cm³/mol. The predicted octanol–water partition coefficient (Wildman–Crippen LogP) is 5.00. The van der Waals surface area contributed by atoms with Crippen molar-refractivity contribution in [3.63, 3.8) is 0 Å². The summed E-state index contributed by atoms with van der Waals surface area (Å²) in [5.74, 6) is 0.158. The lowest BCUT2D eigenvalue weighted by molar-refractivity contribution is -0.137.